The van der Waals surface area contributed by atoms with Gasteiger partial charge in [0.2, 0.25) is 0 Å². The van der Waals surface area contributed by atoms with Crippen molar-refractivity contribution in [3.8, 4) is 5.75 Å². The first-order valence-corrected chi connectivity index (χ1v) is 5.14. The van der Waals surface area contributed by atoms with Gasteiger partial charge in [0.1, 0.15) is 5.75 Å². The van der Waals surface area contributed by atoms with E-state index in [1.807, 2.05) is 13.2 Å². The Morgan fingerprint density at radius 2 is 2.20 bits per heavy atom. The summed E-state index contributed by atoms with van der Waals surface area (Å²) in [7, 11) is 3.68. The van der Waals surface area contributed by atoms with Crippen molar-refractivity contribution in [2.24, 2.45) is 0 Å². The molecular formula is C12H16N2O. The van der Waals surface area contributed by atoms with Crippen LogP contribution in [-0.4, -0.2) is 25.7 Å². The van der Waals surface area contributed by atoms with Gasteiger partial charge >= 0.3 is 0 Å². The van der Waals surface area contributed by atoms with E-state index >= 15 is 0 Å². The van der Waals surface area contributed by atoms with Crippen molar-refractivity contribution >= 4 is 10.9 Å². The number of aromatic amines is 1. The Kier molecular flexibility index (Phi) is 2.92. The average molecular weight is 204 g/mol. The van der Waals surface area contributed by atoms with Gasteiger partial charge in [-0.1, -0.05) is 12.1 Å². The van der Waals surface area contributed by atoms with Gasteiger partial charge < -0.3 is 15.0 Å². The van der Waals surface area contributed by atoms with Crippen LogP contribution in [0.2, 0.25) is 0 Å². The van der Waals surface area contributed by atoms with E-state index in [2.05, 4.69) is 28.5 Å². The predicted octanol–water partition coefficient (Wildman–Crippen LogP) is 1.94. The average Bonchev–Trinajstić information content (AvgIpc) is 2.73. The third-order valence-corrected chi connectivity index (χ3v) is 2.61. The van der Waals surface area contributed by atoms with E-state index in [1.165, 1.54) is 10.9 Å². The first-order chi connectivity index (χ1) is 7.36. The number of methoxy groups -OCH3 is 1. The Labute approximate surface area is 89.4 Å². The summed E-state index contributed by atoms with van der Waals surface area (Å²) < 4.78 is 5.45. The van der Waals surface area contributed by atoms with E-state index in [0.717, 1.165) is 24.2 Å². The van der Waals surface area contributed by atoms with Crippen LogP contribution < -0.4 is 10.1 Å². The summed E-state index contributed by atoms with van der Waals surface area (Å²) in [6.45, 7) is 0.961. The van der Waals surface area contributed by atoms with Crippen molar-refractivity contribution in [1.82, 2.24) is 10.3 Å². The number of H-pyrrole nitrogens is 1. The zero-order valence-corrected chi connectivity index (χ0v) is 9.13. The molecule has 0 radical (unpaired) electrons. The largest absolute Gasteiger partial charge is 0.494 e. The maximum absolute atomic E-state index is 5.45. The number of likely N-dealkylation sites (N-methyl/N-ethyl adjacent to an activating group) is 1. The fraction of sp³-hybridized carbons (Fsp3) is 0.333. The summed E-state index contributed by atoms with van der Waals surface area (Å²) in [5, 5.41) is 4.34. The molecule has 0 aliphatic carbocycles. The monoisotopic (exact) mass is 204 g/mol. The predicted molar refractivity (Wildman–Crippen MR) is 62.5 cm³/mol. The molecule has 0 saturated carbocycles. The lowest BCUT2D eigenvalue weighted by Gasteiger charge is -2.09. The van der Waals surface area contributed by atoms with Gasteiger partial charge in [0.25, 0.3) is 0 Å². The molecule has 0 spiro atoms. The van der Waals surface area contributed by atoms with Gasteiger partial charge in [-0.05, 0) is 31.6 Å². The number of aromatic nitrogens is 1. The topological polar surface area (TPSA) is 37.0 Å². The van der Waals surface area contributed by atoms with Crippen molar-refractivity contribution in [2.75, 3.05) is 20.7 Å². The molecule has 1 heterocycles. The van der Waals surface area contributed by atoms with E-state index in [1.54, 1.807) is 7.11 Å². The molecule has 0 atom stereocenters. The number of nitrogens with one attached hydrogen (secondary N) is 2. The summed E-state index contributed by atoms with van der Waals surface area (Å²) in [6.07, 6.45) is 2.92. The van der Waals surface area contributed by atoms with Crippen LogP contribution in [0.25, 0.3) is 10.9 Å². The Bertz CT molecular complexity index is 448. The van der Waals surface area contributed by atoms with E-state index in [0.29, 0.717) is 0 Å². The maximum Gasteiger partial charge on any atom is 0.146 e. The van der Waals surface area contributed by atoms with E-state index in [9.17, 15) is 0 Å². The third-order valence-electron chi connectivity index (χ3n) is 2.61. The minimum atomic E-state index is 0.961. The van der Waals surface area contributed by atoms with Gasteiger partial charge in [0, 0.05) is 11.6 Å². The molecule has 1 aromatic heterocycles. The van der Waals surface area contributed by atoms with Crippen LogP contribution in [0.3, 0.4) is 0 Å². The first-order valence-electron chi connectivity index (χ1n) is 5.14. The molecule has 0 fully saturated rings. The Morgan fingerprint density at radius 3 is 2.93 bits per heavy atom. The van der Waals surface area contributed by atoms with Crippen molar-refractivity contribution in [2.45, 2.75) is 6.42 Å². The van der Waals surface area contributed by atoms with Crippen LogP contribution >= 0.6 is 0 Å². The van der Waals surface area contributed by atoms with Crippen LogP contribution in [0.15, 0.2) is 24.4 Å². The van der Waals surface area contributed by atoms with Crippen molar-refractivity contribution < 1.29 is 4.74 Å². The molecule has 0 aliphatic rings. The van der Waals surface area contributed by atoms with E-state index in [-0.39, 0.29) is 0 Å². The van der Waals surface area contributed by atoms with Gasteiger partial charge in [0.05, 0.1) is 12.6 Å². The zero-order valence-electron chi connectivity index (χ0n) is 9.13. The summed E-state index contributed by atoms with van der Waals surface area (Å²) in [4.78, 5) is 3.21. The summed E-state index contributed by atoms with van der Waals surface area (Å²) in [6, 6.07) is 6.31. The van der Waals surface area contributed by atoms with Gasteiger partial charge in [0.15, 0.2) is 0 Å². The fourth-order valence-electron chi connectivity index (χ4n) is 1.83. The maximum atomic E-state index is 5.45. The standard InChI is InChI=1S/C12H16N2O/c1-13-7-5-10-4-3-9-6-8-14-11(9)12(10)15-2/h3-4,6,8,13-14H,5,7H2,1-2H3. The number of rotatable bonds is 4. The Hall–Kier alpha value is -1.48. The van der Waals surface area contributed by atoms with Gasteiger partial charge in [-0.3, -0.25) is 0 Å². The van der Waals surface area contributed by atoms with Crippen molar-refractivity contribution in [3.63, 3.8) is 0 Å². The van der Waals surface area contributed by atoms with Gasteiger partial charge in [-0.15, -0.1) is 0 Å². The SMILES string of the molecule is CNCCc1ccc2cc[nH]c2c1OC. The molecule has 3 nitrogen and oxygen atoms in total. The number of hydrogen-bond donors (Lipinski definition) is 2. The van der Waals surface area contributed by atoms with Crippen molar-refractivity contribution in [3.05, 3.63) is 30.0 Å². The molecule has 3 heteroatoms. The minimum absolute atomic E-state index is 0.961. The van der Waals surface area contributed by atoms with Crippen molar-refractivity contribution in [1.29, 1.82) is 0 Å². The molecule has 0 saturated heterocycles. The van der Waals surface area contributed by atoms with Crippen LogP contribution in [0.4, 0.5) is 0 Å². The van der Waals surface area contributed by atoms with Gasteiger partial charge in [-0.2, -0.15) is 0 Å². The molecule has 1 aromatic carbocycles. The number of ether oxygens (including phenoxy) is 1. The molecule has 0 aliphatic heterocycles. The molecule has 0 bridgehead atoms. The van der Waals surface area contributed by atoms with Crippen LogP contribution in [0.5, 0.6) is 5.75 Å². The lowest BCUT2D eigenvalue weighted by atomic mass is 10.1. The molecule has 2 N–H and O–H groups in total. The molecular weight excluding hydrogens is 188 g/mol. The second kappa shape index (κ2) is 4.36. The number of benzene rings is 1. The summed E-state index contributed by atoms with van der Waals surface area (Å²) in [5.41, 5.74) is 2.33. The Morgan fingerprint density at radius 1 is 1.33 bits per heavy atom. The lowest BCUT2D eigenvalue weighted by molar-refractivity contribution is 0.413. The quantitative estimate of drug-likeness (QED) is 0.798. The zero-order chi connectivity index (χ0) is 10.7. The van der Waals surface area contributed by atoms with Crippen LogP contribution in [-0.2, 0) is 6.42 Å². The second-order valence-corrected chi connectivity index (χ2v) is 3.55. The number of hydrogen-bond acceptors (Lipinski definition) is 2. The lowest BCUT2D eigenvalue weighted by Crippen LogP contribution is -2.10. The summed E-state index contributed by atoms with van der Waals surface area (Å²) >= 11 is 0. The third kappa shape index (κ3) is 1.83. The molecule has 2 aromatic rings. The smallest absolute Gasteiger partial charge is 0.146 e. The van der Waals surface area contributed by atoms with Crippen LogP contribution in [0, 0.1) is 0 Å². The fourth-order valence-corrected chi connectivity index (χ4v) is 1.83. The highest BCUT2D eigenvalue weighted by molar-refractivity contribution is 5.86. The highest BCUT2D eigenvalue weighted by Gasteiger charge is 2.08. The normalized spacial score (nSPS) is 10.8. The molecule has 15 heavy (non-hydrogen) atoms. The highest BCUT2D eigenvalue weighted by Crippen LogP contribution is 2.28. The molecule has 80 valence electrons. The van der Waals surface area contributed by atoms with Crippen LogP contribution in [0.1, 0.15) is 5.56 Å². The molecule has 2 rings (SSSR count). The molecule has 0 amide bonds. The minimum Gasteiger partial charge on any atom is -0.494 e. The van der Waals surface area contributed by atoms with E-state index in [4.69, 9.17) is 4.74 Å². The summed E-state index contributed by atoms with van der Waals surface area (Å²) in [5.74, 6) is 0.966. The molecule has 0 unspecified atom stereocenters. The number of fused-ring (bicyclic) bond motifs is 1. The van der Waals surface area contributed by atoms with E-state index < -0.39 is 0 Å². The highest BCUT2D eigenvalue weighted by atomic mass is 16.5. The Balaban J connectivity index is 2.44. The first kappa shape index (κ1) is 10.1. The van der Waals surface area contributed by atoms with Gasteiger partial charge in [-0.25, -0.2) is 0 Å². The second-order valence-electron chi connectivity index (χ2n) is 3.55.